The maximum atomic E-state index is 14.0. The molecule has 0 heterocycles. The number of benzene rings is 2. The van der Waals surface area contributed by atoms with Crippen LogP contribution in [0.4, 0.5) is 4.39 Å². The SMILES string of the molecule is CCCNC(=O)C(C)N(Cc1cccc(Br)c1)C(=O)Cc1ccccc1F. The van der Waals surface area contributed by atoms with Gasteiger partial charge in [-0.1, -0.05) is 53.2 Å². The first-order chi connectivity index (χ1) is 12.9. The average molecular weight is 435 g/mol. The van der Waals surface area contributed by atoms with Crippen LogP contribution in [0.25, 0.3) is 0 Å². The summed E-state index contributed by atoms with van der Waals surface area (Å²) < 4.78 is 14.9. The minimum atomic E-state index is -0.658. The van der Waals surface area contributed by atoms with Crippen molar-refractivity contribution >= 4 is 27.7 Å². The van der Waals surface area contributed by atoms with Crippen LogP contribution in [0.5, 0.6) is 0 Å². The number of nitrogens with one attached hydrogen (secondary N) is 1. The van der Waals surface area contributed by atoms with Gasteiger partial charge in [0.2, 0.25) is 11.8 Å². The Morgan fingerprint density at radius 2 is 1.93 bits per heavy atom. The quantitative estimate of drug-likeness (QED) is 0.680. The molecule has 2 aromatic carbocycles. The van der Waals surface area contributed by atoms with Gasteiger partial charge >= 0.3 is 0 Å². The van der Waals surface area contributed by atoms with E-state index in [0.29, 0.717) is 12.1 Å². The third-order valence-corrected chi connectivity index (χ3v) is 4.75. The standard InChI is InChI=1S/C21H24BrFN2O2/c1-3-11-24-21(27)15(2)25(14-16-7-6-9-18(22)12-16)20(26)13-17-8-4-5-10-19(17)23/h4-10,12,15H,3,11,13-14H2,1-2H3,(H,24,27). The molecular weight excluding hydrogens is 411 g/mol. The Hall–Kier alpha value is -2.21. The smallest absolute Gasteiger partial charge is 0.242 e. The van der Waals surface area contributed by atoms with Gasteiger partial charge in [0.25, 0.3) is 0 Å². The predicted molar refractivity (Wildman–Crippen MR) is 108 cm³/mol. The lowest BCUT2D eigenvalue weighted by Crippen LogP contribution is -2.48. The van der Waals surface area contributed by atoms with Crippen molar-refractivity contribution in [1.29, 1.82) is 0 Å². The number of rotatable bonds is 8. The van der Waals surface area contributed by atoms with Crippen molar-refractivity contribution in [2.24, 2.45) is 0 Å². The zero-order chi connectivity index (χ0) is 19.8. The van der Waals surface area contributed by atoms with E-state index in [-0.39, 0.29) is 24.8 Å². The normalized spacial score (nSPS) is 11.7. The highest BCUT2D eigenvalue weighted by Crippen LogP contribution is 2.17. The Morgan fingerprint density at radius 3 is 2.59 bits per heavy atom. The molecule has 1 unspecified atom stereocenters. The lowest BCUT2D eigenvalue weighted by molar-refractivity contribution is -0.140. The molecule has 1 atom stereocenters. The van der Waals surface area contributed by atoms with Crippen LogP contribution in [0.2, 0.25) is 0 Å². The molecule has 0 aliphatic heterocycles. The van der Waals surface area contributed by atoms with Gasteiger partial charge in [0.05, 0.1) is 6.42 Å². The number of amides is 2. The van der Waals surface area contributed by atoms with Gasteiger partial charge < -0.3 is 10.2 Å². The largest absolute Gasteiger partial charge is 0.354 e. The van der Waals surface area contributed by atoms with Crippen LogP contribution < -0.4 is 5.32 Å². The third kappa shape index (κ3) is 6.17. The molecule has 27 heavy (non-hydrogen) atoms. The van der Waals surface area contributed by atoms with Crippen LogP contribution in [0.15, 0.2) is 53.0 Å². The molecule has 0 saturated carbocycles. The summed E-state index contributed by atoms with van der Waals surface area (Å²) in [5, 5.41) is 2.82. The lowest BCUT2D eigenvalue weighted by Gasteiger charge is -2.29. The Kier molecular flexibility index (Phi) is 7.98. The van der Waals surface area contributed by atoms with E-state index in [4.69, 9.17) is 0 Å². The number of hydrogen-bond donors (Lipinski definition) is 1. The summed E-state index contributed by atoms with van der Waals surface area (Å²) in [7, 11) is 0. The van der Waals surface area contributed by atoms with E-state index in [1.165, 1.54) is 11.0 Å². The van der Waals surface area contributed by atoms with Crippen LogP contribution in [0, 0.1) is 5.82 Å². The minimum absolute atomic E-state index is 0.0912. The summed E-state index contributed by atoms with van der Waals surface area (Å²) in [6.45, 7) is 4.48. The van der Waals surface area contributed by atoms with Crippen LogP contribution >= 0.6 is 15.9 Å². The second-order valence-electron chi connectivity index (χ2n) is 6.39. The molecule has 6 heteroatoms. The van der Waals surface area contributed by atoms with Crippen LogP contribution in [-0.2, 0) is 22.6 Å². The Bertz CT molecular complexity index is 797. The maximum absolute atomic E-state index is 14.0. The Balaban J connectivity index is 2.23. The highest BCUT2D eigenvalue weighted by Gasteiger charge is 2.26. The number of nitrogens with zero attached hydrogens (tertiary/aromatic N) is 1. The van der Waals surface area contributed by atoms with Crippen molar-refractivity contribution < 1.29 is 14.0 Å². The summed E-state index contributed by atoms with van der Waals surface area (Å²) in [5.74, 6) is -0.927. The summed E-state index contributed by atoms with van der Waals surface area (Å²) >= 11 is 3.42. The van der Waals surface area contributed by atoms with Gasteiger partial charge in [-0.15, -0.1) is 0 Å². The van der Waals surface area contributed by atoms with Gasteiger partial charge in [-0.05, 0) is 42.7 Å². The molecule has 2 aromatic rings. The fraction of sp³-hybridized carbons (Fsp3) is 0.333. The summed E-state index contributed by atoms with van der Waals surface area (Å²) in [4.78, 5) is 26.9. The molecule has 0 bridgehead atoms. The fourth-order valence-electron chi connectivity index (χ4n) is 2.72. The molecule has 1 N–H and O–H groups in total. The molecule has 0 spiro atoms. The molecule has 0 fully saturated rings. The summed E-state index contributed by atoms with van der Waals surface area (Å²) in [6, 6.07) is 13.1. The summed E-state index contributed by atoms with van der Waals surface area (Å²) in [5.41, 5.74) is 1.21. The van der Waals surface area contributed by atoms with Gasteiger partial charge in [0.15, 0.2) is 0 Å². The number of carbonyl (C=O) groups excluding carboxylic acids is 2. The van der Waals surface area contributed by atoms with Crippen molar-refractivity contribution in [2.75, 3.05) is 6.54 Å². The van der Waals surface area contributed by atoms with E-state index < -0.39 is 11.9 Å². The van der Waals surface area contributed by atoms with Crippen LogP contribution in [0.3, 0.4) is 0 Å². The molecule has 0 radical (unpaired) electrons. The highest BCUT2D eigenvalue weighted by atomic mass is 79.9. The van der Waals surface area contributed by atoms with E-state index in [9.17, 15) is 14.0 Å². The van der Waals surface area contributed by atoms with Gasteiger partial charge in [0, 0.05) is 17.6 Å². The van der Waals surface area contributed by atoms with Crippen LogP contribution in [-0.4, -0.2) is 29.3 Å². The molecule has 144 valence electrons. The number of halogens is 2. The summed E-state index contributed by atoms with van der Waals surface area (Å²) in [6.07, 6.45) is 0.722. The highest BCUT2D eigenvalue weighted by molar-refractivity contribution is 9.10. The molecule has 2 rings (SSSR count). The molecule has 0 aliphatic rings. The van der Waals surface area contributed by atoms with E-state index in [1.807, 2.05) is 31.2 Å². The average Bonchev–Trinajstić information content (AvgIpc) is 2.65. The van der Waals surface area contributed by atoms with Gasteiger partial charge in [-0.3, -0.25) is 9.59 Å². The molecule has 0 aromatic heterocycles. The Morgan fingerprint density at radius 1 is 1.19 bits per heavy atom. The topological polar surface area (TPSA) is 49.4 Å². The maximum Gasteiger partial charge on any atom is 0.242 e. The van der Waals surface area contributed by atoms with Crippen molar-refractivity contribution in [3.8, 4) is 0 Å². The number of carbonyl (C=O) groups is 2. The zero-order valence-corrected chi connectivity index (χ0v) is 17.1. The first-order valence-corrected chi connectivity index (χ1v) is 9.76. The zero-order valence-electron chi connectivity index (χ0n) is 15.5. The Labute approximate surface area is 167 Å². The third-order valence-electron chi connectivity index (χ3n) is 4.26. The lowest BCUT2D eigenvalue weighted by atomic mass is 10.1. The van der Waals surface area contributed by atoms with E-state index in [1.54, 1.807) is 25.1 Å². The fourth-order valence-corrected chi connectivity index (χ4v) is 3.16. The van der Waals surface area contributed by atoms with E-state index in [2.05, 4.69) is 21.2 Å². The molecule has 2 amide bonds. The molecule has 0 aliphatic carbocycles. The first-order valence-electron chi connectivity index (χ1n) is 8.97. The second kappa shape index (κ2) is 10.2. The predicted octanol–water partition coefficient (Wildman–Crippen LogP) is 4.07. The molecule has 0 saturated heterocycles. The molecular formula is C21H24BrFN2O2. The van der Waals surface area contributed by atoms with Crippen molar-refractivity contribution in [3.63, 3.8) is 0 Å². The number of hydrogen-bond acceptors (Lipinski definition) is 2. The second-order valence-corrected chi connectivity index (χ2v) is 7.30. The first kappa shape index (κ1) is 21.1. The molecule has 4 nitrogen and oxygen atoms in total. The van der Waals surface area contributed by atoms with Crippen molar-refractivity contribution in [2.45, 2.75) is 39.3 Å². The van der Waals surface area contributed by atoms with Crippen molar-refractivity contribution in [3.05, 3.63) is 69.9 Å². The van der Waals surface area contributed by atoms with E-state index >= 15 is 0 Å². The van der Waals surface area contributed by atoms with Gasteiger partial charge in [-0.2, -0.15) is 0 Å². The van der Waals surface area contributed by atoms with Gasteiger partial charge in [0.1, 0.15) is 11.9 Å². The van der Waals surface area contributed by atoms with E-state index in [0.717, 1.165) is 16.5 Å². The minimum Gasteiger partial charge on any atom is -0.354 e. The monoisotopic (exact) mass is 434 g/mol. The van der Waals surface area contributed by atoms with Crippen molar-refractivity contribution in [1.82, 2.24) is 10.2 Å². The van der Waals surface area contributed by atoms with Gasteiger partial charge in [-0.25, -0.2) is 4.39 Å². The van der Waals surface area contributed by atoms with Crippen LogP contribution in [0.1, 0.15) is 31.4 Å².